The van der Waals surface area contributed by atoms with Crippen molar-refractivity contribution in [1.29, 1.82) is 0 Å². The quantitative estimate of drug-likeness (QED) is 0.630. The summed E-state index contributed by atoms with van der Waals surface area (Å²) in [6.07, 6.45) is 6.71. The molecular formula is C14H9N3OS2. The number of hydrogen-bond acceptors (Lipinski definition) is 5. The van der Waals surface area contributed by atoms with E-state index in [-0.39, 0.29) is 5.91 Å². The number of thioether (sulfide) groups is 1. The molecule has 0 saturated carbocycles. The Morgan fingerprint density at radius 3 is 2.80 bits per heavy atom. The molecule has 0 unspecified atom stereocenters. The zero-order valence-corrected chi connectivity index (χ0v) is 11.9. The summed E-state index contributed by atoms with van der Waals surface area (Å²) in [6, 6.07) is 9.13. The Morgan fingerprint density at radius 2 is 2.10 bits per heavy atom. The number of pyridine rings is 2. The van der Waals surface area contributed by atoms with E-state index in [4.69, 9.17) is 12.2 Å². The van der Waals surface area contributed by atoms with E-state index in [1.54, 1.807) is 30.7 Å². The van der Waals surface area contributed by atoms with Crippen LogP contribution in [0.3, 0.4) is 0 Å². The van der Waals surface area contributed by atoms with Crippen LogP contribution >= 0.6 is 24.0 Å². The van der Waals surface area contributed by atoms with Crippen molar-refractivity contribution in [3.63, 3.8) is 0 Å². The van der Waals surface area contributed by atoms with Crippen LogP contribution in [0.15, 0.2) is 53.8 Å². The van der Waals surface area contributed by atoms with Crippen molar-refractivity contribution in [3.8, 4) is 0 Å². The Balaban J connectivity index is 1.93. The Morgan fingerprint density at radius 1 is 1.20 bits per heavy atom. The molecule has 2 aromatic heterocycles. The second kappa shape index (κ2) is 5.52. The van der Waals surface area contributed by atoms with Crippen LogP contribution in [-0.2, 0) is 4.79 Å². The lowest BCUT2D eigenvalue weighted by atomic mass is 10.3. The van der Waals surface area contributed by atoms with E-state index in [1.807, 2.05) is 24.3 Å². The molecule has 0 N–H and O–H groups in total. The van der Waals surface area contributed by atoms with Crippen molar-refractivity contribution in [1.82, 2.24) is 9.97 Å². The summed E-state index contributed by atoms with van der Waals surface area (Å²) in [6.45, 7) is 0. The van der Waals surface area contributed by atoms with Crippen LogP contribution in [0, 0.1) is 0 Å². The molecule has 2 aromatic rings. The van der Waals surface area contributed by atoms with E-state index >= 15 is 0 Å². The minimum absolute atomic E-state index is 0.140. The van der Waals surface area contributed by atoms with Crippen LogP contribution in [0.1, 0.15) is 5.69 Å². The number of carbonyl (C=O) groups excluding carboxylic acids is 1. The standard InChI is InChI=1S/C14H9N3OS2/c18-13-12(8-10-4-1-2-7-16-10)20-14(19)17(13)11-5-3-6-15-9-11/h1-9H. The lowest BCUT2D eigenvalue weighted by molar-refractivity contribution is -0.113. The van der Waals surface area contributed by atoms with Crippen LogP contribution in [0.25, 0.3) is 6.08 Å². The fourth-order valence-electron chi connectivity index (χ4n) is 1.77. The molecule has 0 spiro atoms. The fraction of sp³-hybridized carbons (Fsp3) is 0. The van der Waals surface area contributed by atoms with Crippen LogP contribution in [-0.4, -0.2) is 20.2 Å². The zero-order chi connectivity index (χ0) is 13.9. The average Bonchev–Trinajstić information content (AvgIpc) is 2.75. The van der Waals surface area contributed by atoms with Crippen LogP contribution in [0.4, 0.5) is 5.69 Å². The summed E-state index contributed by atoms with van der Waals surface area (Å²) in [4.78, 5) is 22.7. The van der Waals surface area contributed by atoms with Gasteiger partial charge in [-0.3, -0.25) is 19.7 Å². The topological polar surface area (TPSA) is 46.1 Å². The van der Waals surface area contributed by atoms with E-state index in [1.165, 1.54) is 16.7 Å². The Labute approximate surface area is 125 Å². The first-order valence-electron chi connectivity index (χ1n) is 5.85. The first kappa shape index (κ1) is 13.0. The fourth-order valence-corrected chi connectivity index (χ4v) is 3.06. The average molecular weight is 299 g/mol. The van der Waals surface area contributed by atoms with Crippen molar-refractivity contribution >= 4 is 46.0 Å². The highest BCUT2D eigenvalue weighted by Gasteiger charge is 2.33. The molecule has 0 radical (unpaired) electrons. The summed E-state index contributed by atoms with van der Waals surface area (Å²) < 4.78 is 0.505. The van der Waals surface area contributed by atoms with Crippen molar-refractivity contribution in [2.45, 2.75) is 0 Å². The number of anilines is 1. The highest BCUT2D eigenvalue weighted by molar-refractivity contribution is 8.27. The number of hydrogen-bond donors (Lipinski definition) is 0. The molecular weight excluding hydrogens is 290 g/mol. The van der Waals surface area contributed by atoms with Gasteiger partial charge in [0.05, 0.1) is 22.5 Å². The van der Waals surface area contributed by atoms with E-state index in [2.05, 4.69) is 9.97 Å². The predicted molar refractivity (Wildman–Crippen MR) is 84.1 cm³/mol. The van der Waals surface area contributed by atoms with E-state index in [0.717, 1.165) is 5.69 Å². The number of nitrogens with zero attached hydrogens (tertiary/aromatic N) is 3. The highest BCUT2D eigenvalue weighted by atomic mass is 32.2. The number of thiocarbonyl (C=S) groups is 1. The van der Waals surface area contributed by atoms with E-state index in [0.29, 0.717) is 14.9 Å². The van der Waals surface area contributed by atoms with Gasteiger partial charge in [-0.1, -0.05) is 30.0 Å². The molecule has 1 saturated heterocycles. The molecule has 1 amide bonds. The molecule has 20 heavy (non-hydrogen) atoms. The first-order chi connectivity index (χ1) is 9.75. The summed E-state index contributed by atoms with van der Waals surface area (Å²) in [5, 5.41) is 0. The molecule has 6 heteroatoms. The highest BCUT2D eigenvalue weighted by Crippen LogP contribution is 2.35. The smallest absolute Gasteiger partial charge is 0.268 e. The molecule has 1 aliphatic heterocycles. The van der Waals surface area contributed by atoms with Gasteiger partial charge < -0.3 is 0 Å². The summed E-state index contributed by atoms with van der Waals surface area (Å²) in [5.41, 5.74) is 1.42. The number of aromatic nitrogens is 2. The number of carbonyl (C=O) groups is 1. The molecule has 0 aromatic carbocycles. The van der Waals surface area contributed by atoms with Crippen molar-refractivity contribution < 1.29 is 4.79 Å². The normalized spacial score (nSPS) is 17.0. The molecule has 1 fully saturated rings. The first-order valence-corrected chi connectivity index (χ1v) is 7.07. The van der Waals surface area contributed by atoms with Crippen molar-refractivity contribution in [2.75, 3.05) is 4.90 Å². The minimum atomic E-state index is -0.140. The second-order valence-electron chi connectivity index (χ2n) is 3.98. The van der Waals surface area contributed by atoms with Gasteiger partial charge >= 0.3 is 0 Å². The van der Waals surface area contributed by atoms with E-state index in [9.17, 15) is 4.79 Å². The van der Waals surface area contributed by atoms with Gasteiger partial charge in [-0.05, 0) is 30.3 Å². The second-order valence-corrected chi connectivity index (χ2v) is 5.66. The van der Waals surface area contributed by atoms with Gasteiger partial charge in [0.15, 0.2) is 4.32 Å². The number of rotatable bonds is 2. The Hall–Kier alpha value is -2.05. The molecule has 0 bridgehead atoms. The lowest BCUT2D eigenvalue weighted by Crippen LogP contribution is -2.27. The van der Waals surface area contributed by atoms with E-state index < -0.39 is 0 Å². The molecule has 4 nitrogen and oxygen atoms in total. The molecule has 3 rings (SSSR count). The molecule has 0 aliphatic carbocycles. The van der Waals surface area contributed by atoms with Gasteiger partial charge in [-0.25, -0.2) is 0 Å². The maximum Gasteiger partial charge on any atom is 0.270 e. The Kier molecular flexibility index (Phi) is 3.58. The van der Waals surface area contributed by atoms with Gasteiger partial charge in [0.2, 0.25) is 0 Å². The maximum absolute atomic E-state index is 12.4. The minimum Gasteiger partial charge on any atom is -0.268 e. The zero-order valence-electron chi connectivity index (χ0n) is 10.3. The van der Waals surface area contributed by atoms with Crippen molar-refractivity contribution in [2.24, 2.45) is 0 Å². The third-order valence-electron chi connectivity index (χ3n) is 2.66. The predicted octanol–water partition coefficient (Wildman–Crippen LogP) is 2.88. The Bertz CT molecular complexity index is 686. The monoisotopic (exact) mass is 299 g/mol. The maximum atomic E-state index is 12.4. The lowest BCUT2D eigenvalue weighted by Gasteiger charge is -2.13. The van der Waals surface area contributed by atoms with Crippen LogP contribution in [0.5, 0.6) is 0 Å². The third-order valence-corrected chi connectivity index (χ3v) is 3.97. The number of amides is 1. The molecule has 98 valence electrons. The van der Waals surface area contributed by atoms with Gasteiger partial charge in [0, 0.05) is 12.4 Å². The van der Waals surface area contributed by atoms with Gasteiger partial charge in [-0.2, -0.15) is 0 Å². The molecule has 3 heterocycles. The summed E-state index contributed by atoms with van der Waals surface area (Å²) in [7, 11) is 0. The van der Waals surface area contributed by atoms with Gasteiger partial charge in [0.25, 0.3) is 5.91 Å². The SMILES string of the molecule is O=C1C(=Cc2ccccn2)SC(=S)N1c1cccnc1. The third kappa shape index (κ3) is 2.48. The van der Waals surface area contributed by atoms with Gasteiger partial charge in [-0.15, -0.1) is 0 Å². The van der Waals surface area contributed by atoms with Gasteiger partial charge in [0.1, 0.15) is 0 Å². The van der Waals surface area contributed by atoms with Crippen LogP contribution < -0.4 is 4.90 Å². The summed E-state index contributed by atoms with van der Waals surface area (Å²) >= 11 is 6.54. The van der Waals surface area contributed by atoms with Crippen LogP contribution in [0.2, 0.25) is 0 Å². The summed E-state index contributed by atoms with van der Waals surface area (Å²) in [5.74, 6) is -0.140. The molecule has 0 atom stereocenters. The van der Waals surface area contributed by atoms with Crippen molar-refractivity contribution in [3.05, 3.63) is 59.5 Å². The largest absolute Gasteiger partial charge is 0.270 e. The molecule has 1 aliphatic rings.